The molecule has 0 spiro atoms. The molecule has 0 aliphatic carbocycles. The van der Waals surface area contributed by atoms with E-state index in [9.17, 15) is 19.1 Å². The first-order chi connectivity index (χ1) is 11.0. The molecule has 3 heterocycles. The van der Waals surface area contributed by atoms with E-state index in [1.165, 1.54) is 6.26 Å². The number of aromatic nitrogens is 2. The topological polar surface area (TPSA) is 107 Å². The van der Waals surface area contributed by atoms with E-state index in [0.29, 0.717) is 5.76 Å². The van der Waals surface area contributed by atoms with E-state index in [1.807, 2.05) is 4.98 Å². The second kappa shape index (κ2) is 6.49. The Balaban J connectivity index is 1.63. The summed E-state index contributed by atoms with van der Waals surface area (Å²) in [5, 5.41) is 9.98. The molecule has 3 rings (SSSR count). The zero-order valence-corrected chi connectivity index (χ0v) is 12.0. The Kier molecular flexibility index (Phi) is 4.42. The van der Waals surface area contributed by atoms with Gasteiger partial charge in [-0.2, -0.15) is 4.39 Å². The molecule has 124 valence electrons. The number of aliphatic hydroxyl groups is 1. The molecule has 9 heteroatoms. The minimum Gasteiger partial charge on any atom is -0.467 e. The van der Waals surface area contributed by atoms with Gasteiger partial charge in [0.2, 0.25) is 5.82 Å². The van der Waals surface area contributed by atoms with Gasteiger partial charge in [0.15, 0.2) is 0 Å². The number of rotatable bonds is 5. The second-order valence-corrected chi connectivity index (χ2v) is 5.17. The van der Waals surface area contributed by atoms with Crippen LogP contribution in [0.5, 0.6) is 0 Å². The van der Waals surface area contributed by atoms with Crippen molar-refractivity contribution in [3.63, 3.8) is 0 Å². The van der Waals surface area contributed by atoms with E-state index >= 15 is 0 Å². The molecule has 0 bridgehead atoms. The van der Waals surface area contributed by atoms with Crippen molar-refractivity contribution < 1.29 is 23.4 Å². The van der Waals surface area contributed by atoms with Crippen LogP contribution in [-0.4, -0.2) is 33.5 Å². The molecule has 2 aromatic rings. The monoisotopic (exact) mass is 326 g/mol. The minimum absolute atomic E-state index is 0.0823. The SMILES string of the molecule is O=c1[nH]c(=O)n([C@H]2C[C@H](O)[C@@H](COCc3ccco3)O2)cc1F. The van der Waals surface area contributed by atoms with Crippen molar-refractivity contribution in [2.45, 2.75) is 31.5 Å². The molecule has 1 aliphatic heterocycles. The molecule has 0 amide bonds. The average molecular weight is 326 g/mol. The number of aromatic amines is 1. The van der Waals surface area contributed by atoms with Crippen LogP contribution in [-0.2, 0) is 16.1 Å². The van der Waals surface area contributed by atoms with Crippen molar-refractivity contribution in [2.75, 3.05) is 6.61 Å². The maximum Gasteiger partial charge on any atom is 0.330 e. The van der Waals surface area contributed by atoms with Gasteiger partial charge in [0.25, 0.3) is 5.56 Å². The molecule has 0 radical (unpaired) electrons. The average Bonchev–Trinajstić information content (AvgIpc) is 3.13. The van der Waals surface area contributed by atoms with Gasteiger partial charge in [-0.05, 0) is 12.1 Å². The van der Waals surface area contributed by atoms with E-state index in [4.69, 9.17) is 13.9 Å². The molecular weight excluding hydrogens is 311 g/mol. The number of halogens is 1. The molecule has 1 fully saturated rings. The van der Waals surface area contributed by atoms with Crippen LogP contribution in [0, 0.1) is 5.82 Å². The molecule has 1 aliphatic rings. The number of H-pyrrole nitrogens is 1. The Hall–Kier alpha value is -2.23. The van der Waals surface area contributed by atoms with Crippen molar-refractivity contribution in [1.82, 2.24) is 9.55 Å². The highest BCUT2D eigenvalue weighted by atomic mass is 19.1. The lowest BCUT2D eigenvalue weighted by molar-refractivity contribution is -0.0687. The number of aliphatic hydroxyl groups excluding tert-OH is 1. The maximum absolute atomic E-state index is 13.3. The molecule has 0 aromatic carbocycles. The second-order valence-electron chi connectivity index (χ2n) is 5.17. The van der Waals surface area contributed by atoms with Crippen LogP contribution in [0.15, 0.2) is 38.6 Å². The van der Waals surface area contributed by atoms with Gasteiger partial charge in [0.05, 0.1) is 25.2 Å². The van der Waals surface area contributed by atoms with Crippen LogP contribution in [0.4, 0.5) is 4.39 Å². The van der Waals surface area contributed by atoms with E-state index in [1.54, 1.807) is 12.1 Å². The molecule has 3 atom stereocenters. The first kappa shape index (κ1) is 15.7. The minimum atomic E-state index is -1.10. The number of furan rings is 1. The third kappa shape index (κ3) is 3.41. The van der Waals surface area contributed by atoms with Crippen molar-refractivity contribution in [3.8, 4) is 0 Å². The molecule has 2 N–H and O–H groups in total. The van der Waals surface area contributed by atoms with Crippen LogP contribution >= 0.6 is 0 Å². The van der Waals surface area contributed by atoms with Crippen LogP contribution < -0.4 is 11.2 Å². The molecule has 23 heavy (non-hydrogen) atoms. The van der Waals surface area contributed by atoms with E-state index in [2.05, 4.69) is 0 Å². The molecule has 0 unspecified atom stereocenters. The van der Waals surface area contributed by atoms with Gasteiger partial charge in [-0.3, -0.25) is 14.3 Å². The summed E-state index contributed by atoms with van der Waals surface area (Å²) < 4.78 is 30.2. The Bertz CT molecular complexity index is 768. The zero-order valence-electron chi connectivity index (χ0n) is 12.0. The number of nitrogens with one attached hydrogen (secondary N) is 1. The Morgan fingerprint density at radius 3 is 3.04 bits per heavy atom. The predicted octanol–water partition coefficient (Wildman–Crippen LogP) is 0.134. The van der Waals surface area contributed by atoms with Crippen molar-refractivity contribution in [1.29, 1.82) is 0 Å². The van der Waals surface area contributed by atoms with Crippen molar-refractivity contribution >= 4 is 0 Å². The van der Waals surface area contributed by atoms with Crippen molar-refractivity contribution in [2.24, 2.45) is 0 Å². The third-order valence-corrected chi connectivity index (χ3v) is 3.55. The summed E-state index contributed by atoms with van der Waals surface area (Å²) in [5.74, 6) is -0.465. The molecular formula is C14H15FN2O6. The van der Waals surface area contributed by atoms with E-state index in [0.717, 1.165) is 10.8 Å². The van der Waals surface area contributed by atoms with Crippen LogP contribution in [0.2, 0.25) is 0 Å². The fraction of sp³-hybridized carbons (Fsp3) is 0.429. The number of nitrogens with zero attached hydrogens (tertiary/aromatic N) is 1. The lowest BCUT2D eigenvalue weighted by Crippen LogP contribution is -2.34. The fourth-order valence-corrected chi connectivity index (χ4v) is 2.38. The highest BCUT2D eigenvalue weighted by molar-refractivity contribution is 4.96. The standard InChI is InChI=1S/C14H15FN2O6/c15-9-5-17(14(20)16-13(9)19)12-4-10(18)11(23-12)7-21-6-8-2-1-3-22-8/h1-3,5,10-12,18H,4,6-7H2,(H,16,19,20)/t10-,11+,12+/m0/s1. The van der Waals surface area contributed by atoms with Crippen LogP contribution in [0.25, 0.3) is 0 Å². The summed E-state index contributed by atoms with van der Waals surface area (Å²) in [4.78, 5) is 24.6. The van der Waals surface area contributed by atoms with Gasteiger partial charge in [-0.15, -0.1) is 0 Å². The largest absolute Gasteiger partial charge is 0.467 e. The highest BCUT2D eigenvalue weighted by Crippen LogP contribution is 2.27. The van der Waals surface area contributed by atoms with Crippen LogP contribution in [0.3, 0.4) is 0 Å². The van der Waals surface area contributed by atoms with Gasteiger partial charge in [-0.1, -0.05) is 0 Å². The summed E-state index contributed by atoms with van der Waals surface area (Å²) in [7, 11) is 0. The summed E-state index contributed by atoms with van der Waals surface area (Å²) in [6, 6.07) is 3.48. The summed E-state index contributed by atoms with van der Waals surface area (Å²) >= 11 is 0. The zero-order chi connectivity index (χ0) is 16.4. The number of hydrogen-bond donors (Lipinski definition) is 2. The van der Waals surface area contributed by atoms with Gasteiger partial charge in [0.1, 0.15) is 24.7 Å². The molecule has 2 aromatic heterocycles. The molecule has 0 saturated carbocycles. The van der Waals surface area contributed by atoms with Gasteiger partial charge < -0.3 is 19.0 Å². The normalized spacial score (nSPS) is 24.2. The summed E-state index contributed by atoms with van der Waals surface area (Å²) in [6.45, 7) is 0.302. The summed E-state index contributed by atoms with van der Waals surface area (Å²) in [6.07, 6.45) is -0.0474. The lowest BCUT2D eigenvalue weighted by atomic mass is 10.2. The van der Waals surface area contributed by atoms with Gasteiger partial charge in [0, 0.05) is 6.42 Å². The number of hydrogen-bond acceptors (Lipinski definition) is 6. The van der Waals surface area contributed by atoms with Gasteiger partial charge >= 0.3 is 5.69 Å². The van der Waals surface area contributed by atoms with Crippen LogP contribution in [0.1, 0.15) is 18.4 Å². The first-order valence-electron chi connectivity index (χ1n) is 6.99. The Morgan fingerprint density at radius 2 is 2.30 bits per heavy atom. The maximum atomic E-state index is 13.3. The van der Waals surface area contributed by atoms with Gasteiger partial charge in [-0.25, -0.2) is 4.79 Å². The molecule has 1 saturated heterocycles. The fourth-order valence-electron chi connectivity index (χ4n) is 2.38. The number of ether oxygens (including phenoxy) is 2. The Morgan fingerprint density at radius 1 is 1.48 bits per heavy atom. The van der Waals surface area contributed by atoms with E-state index in [-0.39, 0.29) is 19.6 Å². The smallest absolute Gasteiger partial charge is 0.330 e. The molecule has 8 nitrogen and oxygen atoms in total. The summed E-state index contributed by atoms with van der Waals surface area (Å²) in [5.41, 5.74) is -1.89. The predicted molar refractivity (Wildman–Crippen MR) is 74.2 cm³/mol. The quantitative estimate of drug-likeness (QED) is 0.809. The van der Waals surface area contributed by atoms with Crippen molar-refractivity contribution in [3.05, 3.63) is 57.0 Å². The van der Waals surface area contributed by atoms with E-state index < -0.39 is 35.5 Å². The lowest BCUT2D eigenvalue weighted by Gasteiger charge is -2.15. The third-order valence-electron chi connectivity index (χ3n) is 3.55. The highest BCUT2D eigenvalue weighted by Gasteiger charge is 2.35. The Labute approximate surface area is 129 Å². The first-order valence-corrected chi connectivity index (χ1v) is 6.99.